The first kappa shape index (κ1) is 21.3. The van der Waals surface area contributed by atoms with Crippen molar-refractivity contribution in [1.82, 2.24) is 19.3 Å². The summed E-state index contributed by atoms with van der Waals surface area (Å²) in [5.74, 6) is 0.442. The van der Waals surface area contributed by atoms with Gasteiger partial charge in [0.2, 0.25) is 5.91 Å². The number of hydrogen-bond acceptors (Lipinski definition) is 6. The van der Waals surface area contributed by atoms with Gasteiger partial charge in [0.15, 0.2) is 5.16 Å². The van der Waals surface area contributed by atoms with Gasteiger partial charge in [-0.3, -0.25) is 14.2 Å². The standard InChI is InChI=1S/C23H20N6O2S/c1-15(2)29-20(11-12-25-29)27-21(30)14-32-23-26-19-6-4-3-5-18(19)22(31)28(23)17-9-7-16(13-24)8-10-17/h3-12,15H,14H2,1-2H3,(H,27,30). The number of carbonyl (C=O) groups excluding carboxylic acids is 1. The highest BCUT2D eigenvalue weighted by atomic mass is 32.2. The van der Waals surface area contributed by atoms with E-state index in [1.165, 1.54) is 16.3 Å². The smallest absolute Gasteiger partial charge is 0.266 e. The highest BCUT2D eigenvalue weighted by Gasteiger charge is 2.16. The largest absolute Gasteiger partial charge is 0.310 e. The molecule has 0 aliphatic rings. The zero-order chi connectivity index (χ0) is 22.7. The molecular weight excluding hydrogens is 424 g/mol. The molecule has 0 atom stereocenters. The van der Waals surface area contributed by atoms with Crippen LogP contribution in [-0.2, 0) is 4.79 Å². The minimum Gasteiger partial charge on any atom is -0.310 e. The van der Waals surface area contributed by atoms with E-state index in [9.17, 15) is 9.59 Å². The van der Waals surface area contributed by atoms with Crippen LogP contribution in [0, 0.1) is 11.3 Å². The molecule has 1 amide bonds. The second-order valence-corrected chi connectivity index (χ2v) is 8.24. The lowest BCUT2D eigenvalue weighted by molar-refractivity contribution is -0.113. The number of nitrogens with one attached hydrogen (secondary N) is 1. The Morgan fingerprint density at radius 1 is 1.16 bits per heavy atom. The average molecular weight is 445 g/mol. The van der Waals surface area contributed by atoms with Gasteiger partial charge in [0.25, 0.3) is 5.56 Å². The van der Waals surface area contributed by atoms with Gasteiger partial charge in [-0.15, -0.1) is 0 Å². The van der Waals surface area contributed by atoms with E-state index in [1.807, 2.05) is 19.9 Å². The summed E-state index contributed by atoms with van der Waals surface area (Å²) >= 11 is 1.17. The Hall–Kier alpha value is -3.90. The maximum Gasteiger partial charge on any atom is 0.266 e. The quantitative estimate of drug-likeness (QED) is 0.358. The number of hydrogen-bond donors (Lipinski definition) is 1. The van der Waals surface area contributed by atoms with Crippen LogP contribution in [0.15, 0.2) is 70.7 Å². The molecule has 4 rings (SSSR count). The summed E-state index contributed by atoms with van der Waals surface area (Å²) in [4.78, 5) is 30.5. The van der Waals surface area contributed by atoms with Gasteiger partial charge in [-0.25, -0.2) is 9.67 Å². The Morgan fingerprint density at radius 3 is 2.62 bits per heavy atom. The van der Waals surface area contributed by atoms with E-state index in [4.69, 9.17) is 5.26 Å². The van der Waals surface area contributed by atoms with Crippen LogP contribution in [0.1, 0.15) is 25.5 Å². The van der Waals surface area contributed by atoms with E-state index in [-0.39, 0.29) is 23.3 Å². The van der Waals surface area contributed by atoms with Crippen molar-refractivity contribution in [2.45, 2.75) is 25.0 Å². The SMILES string of the molecule is CC(C)n1nccc1NC(=O)CSc1nc2ccccc2c(=O)n1-c1ccc(C#N)cc1. The highest BCUT2D eigenvalue weighted by molar-refractivity contribution is 7.99. The lowest BCUT2D eigenvalue weighted by Crippen LogP contribution is -2.23. The summed E-state index contributed by atoms with van der Waals surface area (Å²) in [6, 6.07) is 17.7. The molecular formula is C23H20N6O2S. The molecule has 160 valence electrons. The van der Waals surface area contributed by atoms with E-state index >= 15 is 0 Å². The summed E-state index contributed by atoms with van der Waals surface area (Å²) in [7, 11) is 0. The van der Waals surface area contributed by atoms with E-state index < -0.39 is 0 Å². The van der Waals surface area contributed by atoms with Gasteiger partial charge in [-0.05, 0) is 50.2 Å². The fourth-order valence-electron chi connectivity index (χ4n) is 3.26. The van der Waals surface area contributed by atoms with Gasteiger partial charge in [0, 0.05) is 12.1 Å². The Morgan fingerprint density at radius 2 is 1.91 bits per heavy atom. The number of para-hydroxylation sites is 1. The minimum atomic E-state index is -0.235. The van der Waals surface area contributed by atoms with Gasteiger partial charge >= 0.3 is 0 Å². The molecule has 2 aromatic carbocycles. The number of benzene rings is 2. The predicted octanol–water partition coefficient (Wildman–Crippen LogP) is 3.77. The number of nitrogens with zero attached hydrogens (tertiary/aromatic N) is 5. The molecule has 0 aliphatic carbocycles. The molecule has 2 heterocycles. The van der Waals surface area contributed by atoms with Gasteiger partial charge in [-0.2, -0.15) is 10.4 Å². The summed E-state index contributed by atoms with van der Waals surface area (Å²) in [6.45, 7) is 3.96. The van der Waals surface area contributed by atoms with E-state index in [2.05, 4.69) is 21.5 Å². The van der Waals surface area contributed by atoms with Crippen LogP contribution in [0.5, 0.6) is 0 Å². The number of thioether (sulfide) groups is 1. The fourth-order valence-corrected chi connectivity index (χ4v) is 4.07. The normalized spacial score (nSPS) is 10.9. The molecule has 32 heavy (non-hydrogen) atoms. The van der Waals surface area contributed by atoms with Crippen molar-refractivity contribution in [3.05, 3.63) is 76.7 Å². The first-order chi connectivity index (χ1) is 15.5. The van der Waals surface area contributed by atoms with Crippen molar-refractivity contribution in [3.63, 3.8) is 0 Å². The summed E-state index contributed by atoms with van der Waals surface area (Å²) in [5, 5.41) is 17.0. The number of aromatic nitrogens is 4. The molecule has 0 fully saturated rings. The third-order valence-corrected chi connectivity index (χ3v) is 5.70. The summed E-state index contributed by atoms with van der Waals surface area (Å²) in [6.07, 6.45) is 1.64. The van der Waals surface area contributed by atoms with Crippen molar-refractivity contribution >= 4 is 34.4 Å². The Kier molecular flexibility index (Phi) is 6.05. The van der Waals surface area contributed by atoms with E-state index in [0.29, 0.717) is 33.1 Å². The van der Waals surface area contributed by atoms with Crippen LogP contribution in [0.4, 0.5) is 5.82 Å². The van der Waals surface area contributed by atoms with Crippen LogP contribution < -0.4 is 10.9 Å². The van der Waals surface area contributed by atoms with Gasteiger partial charge < -0.3 is 5.32 Å². The molecule has 9 heteroatoms. The van der Waals surface area contributed by atoms with Crippen LogP contribution in [0.2, 0.25) is 0 Å². The van der Waals surface area contributed by atoms with Crippen LogP contribution in [0.25, 0.3) is 16.6 Å². The second-order valence-electron chi connectivity index (χ2n) is 7.30. The van der Waals surface area contributed by atoms with E-state index in [1.54, 1.807) is 59.4 Å². The average Bonchev–Trinajstić information content (AvgIpc) is 3.26. The second kappa shape index (κ2) is 9.08. The van der Waals surface area contributed by atoms with Crippen molar-refractivity contribution in [2.24, 2.45) is 0 Å². The number of anilines is 1. The fraction of sp³-hybridized carbons (Fsp3) is 0.174. The Balaban J connectivity index is 1.66. The molecule has 0 saturated carbocycles. The highest BCUT2D eigenvalue weighted by Crippen LogP contribution is 2.22. The summed E-state index contributed by atoms with van der Waals surface area (Å²) in [5.41, 5.74) is 1.39. The van der Waals surface area contributed by atoms with Gasteiger partial charge in [0.1, 0.15) is 5.82 Å². The first-order valence-corrected chi connectivity index (χ1v) is 10.9. The number of carbonyl (C=O) groups is 1. The molecule has 8 nitrogen and oxygen atoms in total. The van der Waals surface area contributed by atoms with Crippen molar-refractivity contribution in [3.8, 4) is 11.8 Å². The monoisotopic (exact) mass is 444 g/mol. The first-order valence-electron chi connectivity index (χ1n) is 9.96. The third kappa shape index (κ3) is 4.26. The molecule has 2 aromatic heterocycles. The molecule has 4 aromatic rings. The van der Waals surface area contributed by atoms with Crippen molar-refractivity contribution in [2.75, 3.05) is 11.1 Å². The molecule has 0 saturated heterocycles. The lowest BCUT2D eigenvalue weighted by atomic mass is 10.2. The van der Waals surface area contributed by atoms with Gasteiger partial charge in [-0.1, -0.05) is 23.9 Å². The van der Waals surface area contributed by atoms with Crippen LogP contribution >= 0.6 is 11.8 Å². The number of nitriles is 1. The molecule has 0 bridgehead atoms. The topological polar surface area (TPSA) is 106 Å². The number of rotatable bonds is 6. The zero-order valence-corrected chi connectivity index (χ0v) is 18.3. The zero-order valence-electron chi connectivity index (χ0n) is 17.5. The van der Waals surface area contributed by atoms with Crippen LogP contribution in [0.3, 0.4) is 0 Å². The minimum absolute atomic E-state index is 0.0599. The molecule has 0 spiro atoms. The molecule has 0 unspecified atom stereocenters. The maximum atomic E-state index is 13.3. The number of fused-ring (bicyclic) bond motifs is 1. The Labute approximate surface area is 188 Å². The molecule has 0 aliphatic heterocycles. The van der Waals surface area contributed by atoms with Crippen LogP contribution in [-0.4, -0.2) is 31.0 Å². The predicted molar refractivity (Wildman–Crippen MR) is 124 cm³/mol. The van der Waals surface area contributed by atoms with Crippen molar-refractivity contribution < 1.29 is 4.79 Å². The van der Waals surface area contributed by atoms with E-state index in [0.717, 1.165) is 0 Å². The molecule has 0 radical (unpaired) electrons. The van der Waals surface area contributed by atoms with Gasteiger partial charge in [0.05, 0.1) is 40.2 Å². The Bertz CT molecular complexity index is 1380. The summed E-state index contributed by atoms with van der Waals surface area (Å²) < 4.78 is 3.20. The molecule has 1 N–H and O–H groups in total. The maximum absolute atomic E-state index is 13.3. The van der Waals surface area contributed by atoms with Crippen molar-refractivity contribution in [1.29, 1.82) is 5.26 Å². The number of amides is 1. The lowest BCUT2D eigenvalue weighted by Gasteiger charge is -2.14. The third-order valence-electron chi connectivity index (χ3n) is 4.76.